The molecule has 0 aliphatic heterocycles. The van der Waals surface area contributed by atoms with Crippen molar-refractivity contribution < 1.29 is 14.3 Å². The lowest BCUT2D eigenvalue weighted by Gasteiger charge is -2.09. The third-order valence-corrected chi connectivity index (χ3v) is 4.38. The minimum atomic E-state index is -0.322. The molecule has 29 heavy (non-hydrogen) atoms. The number of rotatable bonds is 8. The summed E-state index contributed by atoms with van der Waals surface area (Å²) in [5.41, 5.74) is 2.42. The van der Waals surface area contributed by atoms with Gasteiger partial charge in [0.05, 0.1) is 7.11 Å². The SMILES string of the molecule is COc1ccccc1CCNC(=O)c1cccc(C(=O)NCc2ccccc2)n1. The fraction of sp³-hybridized carbons (Fsp3) is 0.174. The first-order chi connectivity index (χ1) is 14.2. The third-order valence-electron chi connectivity index (χ3n) is 4.38. The Labute approximate surface area is 169 Å². The number of pyridine rings is 1. The average Bonchev–Trinajstić information content (AvgIpc) is 2.78. The predicted octanol–water partition coefficient (Wildman–Crippen LogP) is 2.99. The first-order valence-corrected chi connectivity index (χ1v) is 9.36. The topological polar surface area (TPSA) is 80.3 Å². The van der Waals surface area contributed by atoms with Gasteiger partial charge in [0.1, 0.15) is 17.1 Å². The number of benzene rings is 2. The molecule has 1 heterocycles. The Kier molecular flexibility index (Phi) is 6.95. The van der Waals surface area contributed by atoms with E-state index in [2.05, 4.69) is 15.6 Å². The Morgan fingerprint density at radius 1 is 0.828 bits per heavy atom. The quantitative estimate of drug-likeness (QED) is 0.621. The van der Waals surface area contributed by atoms with Gasteiger partial charge >= 0.3 is 0 Å². The summed E-state index contributed by atoms with van der Waals surface area (Å²) in [7, 11) is 1.62. The average molecular weight is 389 g/mol. The molecule has 0 saturated carbocycles. The molecule has 0 aliphatic carbocycles. The Hall–Kier alpha value is -3.67. The lowest BCUT2D eigenvalue weighted by atomic mass is 10.1. The zero-order valence-corrected chi connectivity index (χ0v) is 16.2. The third kappa shape index (κ3) is 5.65. The summed E-state index contributed by atoms with van der Waals surface area (Å²) in [5.74, 6) is 0.145. The van der Waals surface area contributed by atoms with Crippen molar-refractivity contribution in [2.45, 2.75) is 13.0 Å². The first-order valence-electron chi connectivity index (χ1n) is 9.36. The Morgan fingerprint density at radius 3 is 2.21 bits per heavy atom. The van der Waals surface area contributed by atoms with E-state index in [0.29, 0.717) is 19.5 Å². The summed E-state index contributed by atoms with van der Waals surface area (Å²) in [5, 5.41) is 5.65. The van der Waals surface area contributed by atoms with Gasteiger partial charge in [-0.2, -0.15) is 0 Å². The normalized spacial score (nSPS) is 10.2. The second-order valence-corrected chi connectivity index (χ2v) is 6.39. The van der Waals surface area contributed by atoms with Gasteiger partial charge in [-0.15, -0.1) is 0 Å². The van der Waals surface area contributed by atoms with E-state index in [1.54, 1.807) is 25.3 Å². The summed E-state index contributed by atoms with van der Waals surface area (Å²) in [4.78, 5) is 28.9. The highest BCUT2D eigenvalue weighted by molar-refractivity contribution is 5.96. The van der Waals surface area contributed by atoms with Gasteiger partial charge in [-0.3, -0.25) is 9.59 Å². The number of carbonyl (C=O) groups is 2. The summed E-state index contributed by atoms with van der Waals surface area (Å²) in [6.07, 6.45) is 0.632. The number of nitrogens with one attached hydrogen (secondary N) is 2. The number of aromatic nitrogens is 1. The van der Waals surface area contributed by atoms with Crippen molar-refractivity contribution in [2.24, 2.45) is 0 Å². The van der Waals surface area contributed by atoms with Crippen molar-refractivity contribution in [3.05, 3.63) is 95.3 Å². The van der Waals surface area contributed by atoms with Crippen LogP contribution in [-0.4, -0.2) is 30.5 Å². The first kappa shape index (κ1) is 20.1. The zero-order chi connectivity index (χ0) is 20.5. The van der Waals surface area contributed by atoms with Gasteiger partial charge in [0.15, 0.2) is 0 Å². The molecule has 6 nitrogen and oxygen atoms in total. The van der Waals surface area contributed by atoms with E-state index >= 15 is 0 Å². The Bertz CT molecular complexity index is 974. The molecular weight excluding hydrogens is 366 g/mol. The molecule has 2 amide bonds. The second-order valence-electron chi connectivity index (χ2n) is 6.39. The maximum atomic E-state index is 12.4. The van der Waals surface area contributed by atoms with E-state index < -0.39 is 0 Å². The van der Waals surface area contributed by atoms with Crippen molar-refractivity contribution in [1.29, 1.82) is 0 Å². The summed E-state index contributed by atoms with van der Waals surface area (Å²) in [6, 6.07) is 22.1. The van der Waals surface area contributed by atoms with Crippen molar-refractivity contribution in [3.8, 4) is 5.75 Å². The standard InChI is InChI=1S/C23H23N3O3/c1-29-21-13-6-5-10-18(21)14-15-24-22(27)19-11-7-12-20(26-19)23(28)25-16-17-8-3-2-4-9-17/h2-13H,14-16H2,1H3,(H,24,27)(H,25,28). The molecular formula is C23H23N3O3. The van der Waals surface area contributed by atoms with E-state index in [1.165, 1.54) is 0 Å². The minimum absolute atomic E-state index is 0.206. The van der Waals surface area contributed by atoms with Crippen LogP contribution >= 0.6 is 0 Å². The Balaban J connectivity index is 1.55. The van der Waals surface area contributed by atoms with Crippen molar-refractivity contribution >= 4 is 11.8 Å². The van der Waals surface area contributed by atoms with Gasteiger partial charge in [0.2, 0.25) is 0 Å². The number of carbonyl (C=O) groups excluding carboxylic acids is 2. The van der Waals surface area contributed by atoms with Crippen LogP contribution in [0.5, 0.6) is 5.75 Å². The van der Waals surface area contributed by atoms with Gasteiger partial charge in [0, 0.05) is 13.1 Å². The highest BCUT2D eigenvalue weighted by Gasteiger charge is 2.12. The van der Waals surface area contributed by atoms with Crippen LogP contribution in [0.3, 0.4) is 0 Å². The van der Waals surface area contributed by atoms with E-state index in [4.69, 9.17) is 4.74 Å². The fourth-order valence-corrected chi connectivity index (χ4v) is 2.87. The number of hydrogen-bond donors (Lipinski definition) is 2. The molecule has 3 aromatic rings. The molecule has 0 spiro atoms. The minimum Gasteiger partial charge on any atom is -0.496 e. The molecule has 1 aromatic heterocycles. The Morgan fingerprint density at radius 2 is 1.48 bits per heavy atom. The van der Waals surface area contributed by atoms with Crippen LogP contribution in [0.25, 0.3) is 0 Å². The van der Waals surface area contributed by atoms with E-state index in [0.717, 1.165) is 16.9 Å². The van der Waals surface area contributed by atoms with Crippen molar-refractivity contribution in [1.82, 2.24) is 15.6 Å². The van der Waals surface area contributed by atoms with Gasteiger partial charge in [-0.1, -0.05) is 54.6 Å². The number of nitrogens with zero attached hydrogens (tertiary/aromatic N) is 1. The number of methoxy groups -OCH3 is 1. The van der Waals surface area contributed by atoms with Crippen LogP contribution < -0.4 is 15.4 Å². The van der Waals surface area contributed by atoms with Crippen LogP contribution in [0.2, 0.25) is 0 Å². The second kappa shape index (κ2) is 10.0. The van der Waals surface area contributed by atoms with Gasteiger partial charge < -0.3 is 15.4 Å². The molecule has 0 bridgehead atoms. The van der Waals surface area contributed by atoms with Crippen molar-refractivity contribution in [2.75, 3.05) is 13.7 Å². The molecule has 2 aromatic carbocycles. The molecule has 0 radical (unpaired) electrons. The molecule has 0 unspecified atom stereocenters. The van der Waals surface area contributed by atoms with Crippen LogP contribution in [0.1, 0.15) is 32.1 Å². The largest absolute Gasteiger partial charge is 0.496 e. The van der Waals surface area contributed by atoms with Crippen LogP contribution in [0.15, 0.2) is 72.8 Å². The molecule has 6 heteroatoms. The molecule has 148 valence electrons. The number of hydrogen-bond acceptors (Lipinski definition) is 4. The van der Waals surface area contributed by atoms with Gasteiger partial charge in [0.25, 0.3) is 11.8 Å². The van der Waals surface area contributed by atoms with E-state index in [-0.39, 0.29) is 23.2 Å². The van der Waals surface area contributed by atoms with Crippen molar-refractivity contribution in [3.63, 3.8) is 0 Å². The van der Waals surface area contributed by atoms with Crippen LogP contribution in [0, 0.1) is 0 Å². The lowest BCUT2D eigenvalue weighted by Crippen LogP contribution is -2.28. The smallest absolute Gasteiger partial charge is 0.270 e. The molecule has 0 fully saturated rings. The van der Waals surface area contributed by atoms with Gasteiger partial charge in [-0.25, -0.2) is 4.98 Å². The van der Waals surface area contributed by atoms with Gasteiger partial charge in [-0.05, 0) is 35.7 Å². The maximum absolute atomic E-state index is 12.4. The summed E-state index contributed by atoms with van der Waals surface area (Å²) < 4.78 is 5.31. The number of ether oxygens (including phenoxy) is 1. The molecule has 0 atom stereocenters. The molecule has 3 rings (SSSR count). The summed E-state index contributed by atoms with van der Waals surface area (Å²) >= 11 is 0. The highest BCUT2D eigenvalue weighted by Crippen LogP contribution is 2.17. The monoisotopic (exact) mass is 389 g/mol. The zero-order valence-electron chi connectivity index (χ0n) is 16.2. The highest BCUT2D eigenvalue weighted by atomic mass is 16.5. The molecule has 0 aliphatic rings. The predicted molar refractivity (Wildman–Crippen MR) is 111 cm³/mol. The van der Waals surface area contributed by atoms with E-state index in [9.17, 15) is 9.59 Å². The maximum Gasteiger partial charge on any atom is 0.270 e. The number of amides is 2. The van der Waals surface area contributed by atoms with E-state index in [1.807, 2.05) is 54.6 Å². The lowest BCUT2D eigenvalue weighted by molar-refractivity contribution is 0.0943. The molecule has 2 N–H and O–H groups in total. The fourth-order valence-electron chi connectivity index (χ4n) is 2.87. The summed E-state index contributed by atoms with van der Waals surface area (Å²) in [6.45, 7) is 0.835. The molecule has 0 saturated heterocycles. The van der Waals surface area contributed by atoms with Crippen LogP contribution in [-0.2, 0) is 13.0 Å². The van der Waals surface area contributed by atoms with Crippen LogP contribution in [0.4, 0.5) is 0 Å². The number of para-hydroxylation sites is 1.